The van der Waals surface area contributed by atoms with Crippen LogP contribution in [0.3, 0.4) is 0 Å². The molecule has 3 nitrogen and oxygen atoms in total. The quantitative estimate of drug-likeness (QED) is 0.794. The smallest absolute Gasteiger partial charge is 0.146 e. The summed E-state index contributed by atoms with van der Waals surface area (Å²) >= 11 is 0. The van der Waals surface area contributed by atoms with E-state index in [4.69, 9.17) is 5.73 Å². The van der Waals surface area contributed by atoms with Crippen LogP contribution in [-0.2, 0) is 6.54 Å². The second-order valence-electron chi connectivity index (χ2n) is 6.83. The van der Waals surface area contributed by atoms with Crippen LogP contribution in [0, 0.1) is 5.82 Å². The summed E-state index contributed by atoms with van der Waals surface area (Å²) in [4.78, 5) is 2.18. The van der Waals surface area contributed by atoms with Crippen molar-refractivity contribution < 1.29 is 9.50 Å². The molecule has 0 spiro atoms. The number of nitrogens with two attached hydrogens (primary N) is 1. The fourth-order valence-corrected chi connectivity index (χ4v) is 2.44. The molecule has 0 fully saturated rings. The molecule has 1 atom stereocenters. The third-order valence-corrected chi connectivity index (χ3v) is 3.97. The van der Waals surface area contributed by atoms with Crippen LogP contribution in [0.1, 0.15) is 38.0 Å². The van der Waals surface area contributed by atoms with E-state index in [1.807, 2.05) is 18.2 Å². The van der Waals surface area contributed by atoms with E-state index in [9.17, 15) is 9.50 Å². The SMILES string of the molecule is CC(C)(C)N(Cc1ccccc1)CC(O)c1ccc(N)c(F)c1.Cl. The van der Waals surface area contributed by atoms with Crippen molar-refractivity contribution >= 4 is 18.1 Å². The summed E-state index contributed by atoms with van der Waals surface area (Å²) in [5.41, 5.74) is 7.19. The molecular formula is C19H26ClFN2O. The Morgan fingerprint density at radius 3 is 2.29 bits per heavy atom. The van der Waals surface area contributed by atoms with Gasteiger partial charge in [0, 0.05) is 18.6 Å². The summed E-state index contributed by atoms with van der Waals surface area (Å²) in [6, 6.07) is 14.6. The van der Waals surface area contributed by atoms with Crippen LogP contribution < -0.4 is 5.73 Å². The summed E-state index contributed by atoms with van der Waals surface area (Å²) in [6.07, 6.45) is -0.770. The number of benzene rings is 2. The van der Waals surface area contributed by atoms with Gasteiger partial charge in [-0.3, -0.25) is 4.90 Å². The molecule has 0 saturated heterocycles. The number of halogens is 2. The van der Waals surface area contributed by atoms with Gasteiger partial charge < -0.3 is 10.8 Å². The zero-order chi connectivity index (χ0) is 17.0. The predicted molar refractivity (Wildman–Crippen MR) is 99.6 cm³/mol. The molecule has 0 aliphatic heterocycles. The van der Waals surface area contributed by atoms with Gasteiger partial charge in [-0.15, -0.1) is 12.4 Å². The maximum Gasteiger partial charge on any atom is 0.146 e. The van der Waals surface area contributed by atoms with E-state index in [2.05, 4.69) is 37.8 Å². The topological polar surface area (TPSA) is 49.5 Å². The Kier molecular flexibility index (Phi) is 7.21. The van der Waals surface area contributed by atoms with Crippen molar-refractivity contribution in [2.75, 3.05) is 12.3 Å². The molecule has 0 bridgehead atoms. The lowest BCUT2D eigenvalue weighted by molar-refractivity contribution is 0.0522. The molecule has 0 amide bonds. The molecule has 2 rings (SSSR count). The minimum Gasteiger partial charge on any atom is -0.396 e. The number of anilines is 1. The Labute approximate surface area is 149 Å². The van der Waals surface area contributed by atoms with Gasteiger partial charge in [0.1, 0.15) is 5.82 Å². The highest BCUT2D eigenvalue weighted by Gasteiger charge is 2.24. The molecule has 0 aliphatic rings. The number of aliphatic hydroxyl groups excluding tert-OH is 1. The van der Waals surface area contributed by atoms with Crippen LogP contribution in [0.25, 0.3) is 0 Å². The molecule has 3 N–H and O–H groups in total. The van der Waals surface area contributed by atoms with Gasteiger partial charge in [-0.2, -0.15) is 0 Å². The number of hydrogen-bond acceptors (Lipinski definition) is 3. The number of aliphatic hydroxyl groups is 1. The number of rotatable bonds is 5. The maximum atomic E-state index is 13.6. The van der Waals surface area contributed by atoms with E-state index in [-0.39, 0.29) is 23.6 Å². The van der Waals surface area contributed by atoms with Crippen molar-refractivity contribution in [1.29, 1.82) is 0 Å². The maximum absolute atomic E-state index is 13.6. The van der Waals surface area contributed by atoms with Crippen LogP contribution in [0.15, 0.2) is 48.5 Å². The molecular weight excluding hydrogens is 327 g/mol. The summed E-state index contributed by atoms with van der Waals surface area (Å²) in [5, 5.41) is 10.5. The van der Waals surface area contributed by atoms with Gasteiger partial charge >= 0.3 is 0 Å². The van der Waals surface area contributed by atoms with Crippen LogP contribution in [-0.4, -0.2) is 22.1 Å². The molecule has 132 valence electrons. The van der Waals surface area contributed by atoms with Crippen LogP contribution in [0.2, 0.25) is 0 Å². The van der Waals surface area contributed by atoms with Gasteiger partial charge in [-0.1, -0.05) is 36.4 Å². The van der Waals surface area contributed by atoms with Crippen LogP contribution in [0.4, 0.5) is 10.1 Å². The van der Waals surface area contributed by atoms with E-state index < -0.39 is 11.9 Å². The van der Waals surface area contributed by atoms with E-state index in [1.54, 1.807) is 6.07 Å². The third kappa shape index (κ3) is 5.48. The molecule has 1 unspecified atom stereocenters. The largest absolute Gasteiger partial charge is 0.396 e. The normalized spacial score (nSPS) is 12.8. The van der Waals surface area contributed by atoms with Crippen molar-refractivity contribution in [2.24, 2.45) is 0 Å². The Hall–Kier alpha value is -1.62. The number of nitrogen functional groups attached to an aromatic ring is 1. The van der Waals surface area contributed by atoms with Crippen molar-refractivity contribution in [3.05, 3.63) is 65.5 Å². The molecule has 0 radical (unpaired) electrons. The minimum absolute atomic E-state index is 0. The van der Waals surface area contributed by atoms with Crippen molar-refractivity contribution in [1.82, 2.24) is 4.90 Å². The van der Waals surface area contributed by atoms with Gasteiger partial charge in [-0.05, 0) is 44.0 Å². The molecule has 0 aliphatic carbocycles. The molecule has 2 aromatic rings. The average molecular weight is 353 g/mol. The Morgan fingerprint density at radius 1 is 1.12 bits per heavy atom. The van der Waals surface area contributed by atoms with Crippen molar-refractivity contribution in [3.8, 4) is 0 Å². The summed E-state index contributed by atoms with van der Waals surface area (Å²) in [5.74, 6) is -0.494. The van der Waals surface area contributed by atoms with Crippen molar-refractivity contribution in [2.45, 2.75) is 39.0 Å². The minimum atomic E-state index is -0.770. The third-order valence-electron chi connectivity index (χ3n) is 3.97. The van der Waals surface area contributed by atoms with Crippen molar-refractivity contribution in [3.63, 3.8) is 0 Å². The molecule has 0 saturated carbocycles. The molecule has 0 heterocycles. The first kappa shape index (κ1) is 20.4. The van der Waals surface area contributed by atoms with Gasteiger partial charge in [0.25, 0.3) is 0 Å². The van der Waals surface area contributed by atoms with Gasteiger partial charge in [0.2, 0.25) is 0 Å². The summed E-state index contributed by atoms with van der Waals surface area (Å²) < 4.78 is 13.6. The number of nitrogens with zero attached hydrogens (tertiary/aromatic N) is 1. The highest BCUT2D eigenvalue weighted by Crippen LogP contribution is 2.24. The van der Waals surface area contributed by atoms with Gasteiger partial charge in [0.05, 0.1) is 11.8 Å². The fraction of sp³-hybridized carbons (Fsp3) is 0.368. The first-order valence-electron chi connectivity index (χ1n) is 7.79. The average Bonchev–Trinajstić information content (AvgIpc) is 2.49. The molecule has 2 aromatic carbocycles. The lowest BCUT2D eigenvalue weighted by atomic mass is 10.0. The van der Waals surface area contributed by atoms with E-state index in [0.29, 0.717) is 12.1 Å². The van der Waals surface area contributed by atoms with Gasteiger partial charge in [0.15, 0.2) is 0 Å². The fourth-order valence-electron chi connectivity index (χ4n) is 2.44. The second-order valence-corrected chi connectivity index (χ2v) is 6.83. The number of hydrogen-bond donors (Lipinski definition) is 2. The van der Waals surface area contributed by atoms with Gasteiger partial charge in [-0.25, -0.2) is 4.39 Å². The van der Waals surface area contributed by atoms with Crippen LogP contribution in [0.5, 0.6) is 0 Å². The second kappa shape index (κ2) is 8.47. The Balaban J connectivity index is 0.00000288. The zero-order valence-electron chi connectivity index (χ0n) is 14.4. The Morgan fingerprint density at radius 2 is 1.75 bits per heavy atom. The van der Waals surface area contributed by atoms with E-state index in [0.717, 1.165) is 6.54 Å². The lowest BCUT2D eigenvalue weighted by Crippen LogP contribution is -2.43. The van der Waals surface area contributed by atoms with E-state index in [1.165, 1.54) is 17.7 Å². The Bertz CT molecular complexity index is 644. The molecule has 0 aromatic heterocycles. The zero-order valence-corrected chi connectivity index (χ0v) is 15.2. The van der Waals surface area contributed by atoms with Crippen LogP contribution >= 0.6 is 12.4 Å². The summed E-state index contributed by atoms with van der Waals surface area (Å²) in [7, 11) is 0. The first-order valence-corrected chi connectivity index (χ1v) is 7.79. The molecule has 24 heavy (non-hydrogen) atoms. The first-order chi connectivity index (χ1) is 10.8. The monoisotopic (exact) mass is 352 g/mol. The molecule has 5 heteroatoms. The predicted octanol–water partition coefficient (Wildman–Crippen LogP) is 4.16. The highest BCUT2D eigenvalue weighted by molar-refractivity contribution is 5.85. The summed E-state index contributed by atoms with van der Waals surface area (Å²) in [6.45, 7) is 7.45. The highest BCUT2D eigenvalue weighted by atomic mass is 35.5. The standard InChI is InChI=1S/C19H25FN2O.ClH/c1-19(2,3)22(12-14-7-5-4-6-8-14)13-18(23)15-9-10-17(21)16(20)11-15;/h4-11,18,23H,12-13,21H2,1-3H3;1H. The van der Waals surface area contributed by atoms with E-state index >= 15 is 0 Å². The lowest BCUT2D eigenvalue weighted by Gasteiger charge is -2.37. The number of β-amino-alcohol motifs (C(OH)–C–C–N with tert-alkyl or cyclic N) is 1.